The van der Waals surface area contributed by atoms with Gasteiger partial charge in [0.2, 0.25) is 0 Å². The molecule has 148 valence electrons. The number of nitro groups is 1. The van der Waals surface area contributed by atoms with Crippen molar-refractivity contribution in [1.29, 1.82) is 0 Å². The Kier molecular flexibility index (Phi) is 6.38. The Hall–Kier alpha value is -3.82. The van der Waals surface area contributed by atoms with Gasteiger partial charge >= 0.3 is 0 Å². The van der Waals surface area contributed by atoms with Gasteiger partial charge in [-0.05, 0) is 18.2 Å². The predicted molar refractivity (Wildman–Crippen MR) is 102 cm³/mol. The van der Waals surface area contributed by atoms with Crippen LogP contribution < -0.4 is 25.2 Å². The summed E-state index contributed by atoms with van der Waals surface area (Å²) < 4.78 is 10.1. The molecule has 0 radical (unpaired) electrons. The molecule has 0 saturated carbocycles. The molecule has 10 nitrogen and oxygen atoms in total. The molecule has 0 saturated heterocycles. The molecule has 2 aromatic carbocycles. The second-order valence-corrected chi connectivity index (χ2v) is 5.83. The fourth-order valence-electron chi connectivity index (χ4n) is 2.38. The number of nitrogens with one attached hydrogen (secondary N) is 2. The van der Waals surface area contributed by atoms with E-state index in [0.717, 1.165) is 11.8 Å². The summed E-state index contributed by atoms with van der Waals surface area (Å²) >= 11 is 0. The largest absolute Gasteiger partial charge is 0.493 e. The van der Waals surface area contributed by atoms with Crippen molar-refractivity contribution in [3.8, 4) is 11.5 Å². The van der Waals surface area contributed by atoms with Crippen molar-refractivity contribution in [2.75, 3.05) is 33.2 Å². The van der Waals surface area contributed by atoms with Crippen LogP contribution in [-0.2, 0) is 0 Å². The summed E-state index contributed by atoms with van der Waals surface area (Å²) in [5, 5.41) is 11.3. The van der Waals surface area contributed by atoms with Crippen LogP contribution in [0.1, 0.15) is 20.7 Å². The number of carbonyl (C=O) groups is 2. The smallest absolute Gasteiger partial charge is 0.286 e. The van der Waals surface area contributed by atoms with E-state index in [2.05, 4.69) is 10.9 Å². The second kappa shape index (κ2) is 8.71. The molecule has 0 atom stereocenters. The van der Waals surface area contributed by atoms with Gasteiger partial charge in [-0.1, -0.05) is 6.07 Å². The van der Waals surface area contributed by atoms with Gasteiger partial charge in [0.05, 0.1) is 25.2 Å². The molecule has 0 aromatic heterocycles. The maximum absolute atomic E-state index is 12.4. The van der Waals surface area contributed by atoms with Crippen molar-refractivity contribution >= 4 is 23.2 Å². The van der Waals surface area contributed by atoms with Crippen molar-refractivity contribution in [3.63, 3.8) is 0 Å². The molecule has 0 spiro atoms. The molecule has 2 rings (SSSR count). The third-order valence-corrected chi connectivity index (χ3v) is 3.86. The number of anilines is 1. The lowest BCUT2D eigenvalue weighted by atomic mass is 10.1. The minimum absolute atomic E-state index is 0.107. The van der Waals surface area contributed by atoms with E-state index in [1.807, 2.05) is 25.1 Å². The summed E-state index contributed by atoms with van der Waals surface area (Å²) in [4.78, 5) is 37.1. The first-order valence-corrected chi connectivity index (χ1v) is 8.07. The number of methoxy groups -OCH3 is 2. The zero-order chi connectivity index (χ0) is 20.8. The standard InChI is InChI=1S/C18H20N4O6/c1-21(2)12-7-5-6-11(8-12)17(23)19-20-18(24)13-9-15(27-3)16(28-4)10-14(13)22(25)26/h5-10H,1-4H3,(H,19,23)(H,20,24). The first kappa shape index (κ1) is 20.5. The average Bonchev–Trinajstić information content (AvgIpc) is 2.70. The molecule has 0 bridgehead atoms. The summed E-state index contributed by atoms with van der Waals surface area (Å²) in [6.45, 7) is 0. The maximum Gasteiger partial charge on any atom is 0.286 e. The fraction of sp³-hybridized carbons (Fsp3) is 0.222. The molecular weight excluding hydrogens is 368 g/mol. The molecule has 2 aromatic rings. The lowest BCUT2D eigenvalue weighted by Crippen LogP contribution is -2.41. The minimum Gasteiger partial charge on any atom is -0.493 e. The van der Waals surface area contributed by atoms with E-state index in [-0.39, 0.29) is 17.1 Å². The molecule has 0 heterocycles. The maximum atomic E-state index is 12.4. The highest BCUT2D eigenvalue weighted by molar-refractivity contribution is 6.02. The number of nitro benzene ring substituents is 1. The average molecular weight is 388 g/mol. The minimum atomic E-state index is -0.871. The Morgan fingerprint density at radius 1 is 1.00 bits per heavy atom. The highest BCUT2D eigenvalue weighted by Crippen LogP contribution is 2.34. The zero-order valence-corrected chi connectivity index (χ0v) is 15.8. The van der Waals surface area contributed by atoms with Crippen molar-refractivity contribution in [3.05, 3.63) is 57.6 Å². The van der Waals surface area contributed by atoms with Crippen molar-refractivity contribution < 1.29 is 24.0 Å². The summed E-state index contributed by atoms with van der Waals surface area (Å²) in [6, 6.07) is 8.99. The number of ether oxygens (including phenoxy) is 2. The van der Waals surface area contributed by atoms with Crippen molar-refractivity contribution in [1.82, 2.24) is 10.9 Å². The Bertz CT molecular complexity index is 913. The molecule has 2 N–H and O–H groups in total. The van der Waals surface area contributed by atoms with E-state index in [0.29, 0.717) is 5.56 Å². The van der Waals surface area contributed by atoms with E-state index in [1.165, 1.54) is 20.3 Å². The summed E-state index contributed by atoms with van der Waals surface area (Å²) in [5.74, 6) is -1.19. The van der Waals surface area contributed by atoms with E-state index < -0.39 is 22.4 Å². The van der Waals surface area contributed by atoms with Gasteiger partial charge in [0.15, 0.2) is 11.5 Å². The molecule has 2 amide bonds. The number of nitrogens with zero attached hydrogens (tertiary/aromatic N) is 2. The van der Waals surface area contributed by atoms with Gasteiger partial charge in [0, 0.05) is 31.4 Å². The van der Waals surface area contributed by atoms with Gasteiger partial charge in [0.25, 0.3) is 17.5 Å². The Balaban J connectivity index is 2.22. The van der Waals surface area contributed by atoms with Crippen LogP contribution in [0.2, 0.25) is 0 Å². The zero-order valence-electron chi connectivity index (χ0n) is 15.8. The number of hydrogen-bond donors (Lipinski definition) is 2. The number of amides is 2. The molecule has 0 fully saturated rings. The van der Waals surface area contributed by atoms with Gasteiger partial charge in [-0.2, -0.15) is 0 Å². The number of carbonyl (C=O) groups excluding carboxylic acids is 2. The summed E-state index contributed by atoms with van der Waals surface area (Å²) in [6.07, 6.45) is 0. The normalized spacial score (nSPS) is 10.0. The third kappa shape index (κ3) is 4.47. The fourth-order valence-corrected chi connectivity index (χ4v) is 2.38. The molecule has 0 unspecified atom stereocenters. The Morgan fingerprint density at radius 3 is 2.18 bits per heavy atom. The first-order chi connectivity index (χ1) is 13.3. The monoisotopic (exact) mass is 388 g/mol. The molecule has 0 aliphatic rings. The van der Waals surface area contributed by atoms with E-state index >= 15 is 0 Å². The third-order valence-electron chi connectivity index (χ3n) is 3.86. The Morgan fingerprint density at radius 2 is 1.61 bits per heavy atom. The van der Waals surface area contributed by atoms with Crippen LogP contribution in [0.15, 0.2) is 36.4 Å². The molecule has 10 heteroatoms. The molecular formula is C18H20N4O6. The van der Waals surface area contributed by atoms with E-state index in [1.54, 1.807) is 18.2 Å². The van der Waals surface area contributed by atoms with Crippen LogP contribution in [-0.4, -0.2) is 45.1 Å². The van der Waals surface area contributed by atoms with Gasteiger partial charge in [0.1, 0.15) is 5.56 Å². The topological polar surface area (TPSA) is 123 Å². The highest BCUT2D eigenvalue weighted by Gasteiger charge is 2.25. The van der Waals surface area contributed by atoms with Crippen LogP contribution in [0.5, 0.6) is 11.5 Å². The van der Waals surface area contributed by atoms with Gasteiger partial charge in [-0.3, -0.25) is 30.6 Å². The van der Waals surface area contributed by atoms with Crippen molar-refractivity contribution in [2.24, 2.45) is 0 Å². The second-order valence-electron chi connectivity index (χ2n) is 5.83. The number of hydrogen-bond acceptors (Lipinski definition) is 7. The van der Waals surface area contributed by atoms with Crippen LogP contribution in [0.25, 0.3) is 0 Å². The molecule has 0 aliphatic carbocycles. The van der Waals surface area contributed by atoms with Gasteiger partial charge in [-0.25, -0.2) is 0 Å². The van der Waals surface area contributed by atoms with Gasteiger partial charge < -0.3 is 14.4 Å². The molecule has 28 heavy (non-hydrogen) atoms. The van der Waals surface area contributed by atoms with E-state index in [4.69, 9.17) is 9.47 Å². The number of hydrazine groups is 1. The van der Waals surface area contributed by atoms with Crippen LogP contribution in [0, 0.1) is 10.1 Å². The van der Waals surface area contributed by atoms with Gasteiger partial charge in [-0.15, -0.1) is 0 Å². The molecule has 0 aliphatic heterocycles. The lowest BCUT2D eigenvalue weighted by molar-refractivity contribution is -0.385. The predicted octanol–water partition coefficient (Wildman–Crippen LogP) is 1.75. The first-order valence-electron chi connectivity index (χ1n) is 8.07. The number of benzene rings is 2. The summed E-state index contributed by atoms with van der Waals surface area (Å²) in [5.41, 5.74) is 4.76. The SMILES string of the molecule is COc1cc(C(=O)NNC(=O)c2cccc(N(C)C)c2)c([N+](=O)[O-])cc1OC. The van der Waals surface area contributed by atoms with E-state index in [9.17, 15) is 19.7 Å². The van der Waals surface area contributed by atoms with Crippen molar-refractivity contribution in [2.45, 2.75) is 0 Å². The van der Waals surface area contributed by atoms with Crippen LogP contribution in [0.3, 0.4) is 0 Å². The highest BCUT2D eigenvalue weighted by atomic mass is 16.6. The quantitative estimate of drug-likeness (QED) is 0.571. The number of rotatable bonds is 6. The lowest BCUT2D eigenvalue weighted by Gasteiger charge is -2.14. The van der Waals surface area contributed by atoms with Crippen LogP contribution >= 0.6 is 0 Å². The van der Waals surface area contributed by atoms with Crippen LogP contribution in [0.4, 0.5) is 11.4 Å². The Labute approximate surface area is 161 Å². The summed E-state index contributed by atoms with van der Waals surface area (Å²) in [7, 11) is 6.32.